The van der Waals surface area contributed by atoms with Crippen molar-refractivity contribution in [2.24, 2.45) is 5.92 Å². The van der Waals surface area contributed by atoms with Gasteiger partial charge in [0.2, 0.25) is 5.88 Å². The van der Waals surface area contributed by atoms with Crippen LogP contribution in [0.15, 0.2) is 12.4 Å². The summed E-state index contributed by atoms with van der Waals surface area (Å²) in [6, 6.07) is 2.78. The van der Waals surface area contributed by atoms with E-state index in [1.165, 1.54) is 32.2 Å². The Morgan fingerprint density at radius 1 is 1.24 bits per heavy atom. The van der Waals surface area contributed by atoms with Crippen LogP contribution >= 0.6 is 0 Å². The molecule has 21 heavy (non-hydrogen) atoms. The fourth-order valence-corrected chi connectivity index (χ4v) is 2.80. The highest BCUT2D eigenvalue weighted by Crippen LogP contribution is 2.25. The molecule has 0 radical (unpaired) electrons. The lowest BCUT2D eigenvalue weighted by Gasteiger charge is -2.33. The van der Waals surface area contributed by atoms with Gasteiger partial charge in [-0.1, -0.05) is 0 Å². The third-order valence-electron chi connectivity index (χ3n) is 4.20. The van der Waals surface area contributed by atoms with Gasteiger partial charge in [0, 0.05) is 25.2 Å². The Bertz CT molecular complexity index is 453. The van der Waals surface area contributed by atoms with Crippen molar-refractivity contribution in [3.63, 3.8) is 0 Å². The molecule has 2 fully saturated rings. The van der Waals surface area contributed by atoms with Crippen molar-refractivity contribution in [1.82, 2.24) is 15.3 Å². The van der Waals surface area contributed by atoms with Crippen molar-refractivity contribution in [1.29, 1.82) is 0 Å². The molecule has 116 valence electrons. The van der Waals surface area contributed by atoms with Crippen LogP contribution in [0.25, 0.3) is 0 Å². The van der Waals surface area contributed by atoms with Gasteiger partial charge in [-0.15, -0.1) is 0 Å². The average Bonchev–Trinajstić information content (AvgIpc) is 3.29. The number of rotatable bonds is 6. The summed E-state index contributed by atoms with van der Waals surface area (Å²) in [6.07, 6.45) is 6.98. The standard InChI is InChI=1S/C16H26N4O/c1-12(2)21-16-9-15(18-11-19-16)20-7-5-13(6-8-20)10-17-14-3-4-14/h9,11-14,17H,3-8,10H2,1-2H3. The Kier molecular flexibility index (Phi) is 4.58. The van der Waals surface area contributed by atoms with E-state index in [9.17, 15) is 0 Å². The van der Waals surface area contributed by atoms with E-state index < -0.39 is 0 Å². The van der Waals surface area contributed by atoms with Gasteiger partial charge in [0.1, 0.15) is 12.1 Å². The van der Waals surface area contributed by atoms with Gasteiger partial charge in [0.15, 0.2) is 0 Å². The highest BCUT2D eigenvalue weighted by atomic mass is 16.5. The molecule has 1 saturated heterocycles. The summed E-state index contributed by atoms with van der Waals surface area (Å²) in [7, 11) is 0. The molecule has 1 aliphatic carbocycles. The minimum atomic E-state index is 0.145. The van der Waals surface area contributed by atoms with Crippen molar-refractivity contribution in [3.8, 4) is 5.88 Å². The maximum absolute atomic E-state index is 5.65. The van der Waals surface area contributed by atoms with Gasteiger partial charge in [-0.3, -0.25) is 0 Å². The Morgan fingerprint density at radius 3 is 2.67 bits per heavy atom. The molecular formula is C16H26N4O. The summed E-state index contributed by atoms with van der Waals surface area (Å²) in [5, 5.41) is 3.65. The highest BCUT2D eigenvalue weighted by molar-refractivity contribution is 5.41. The van der Waals surface area contributed by atoms with Gasteiger partial charge in [0.05, 0.1) is 6.10 Å². The summed E-state index contributed by atoms with van der Waals surface area (Å²) >= 11 is 0. The van der Waals surface area contributed by atoms with Gasteiger partial charge < -0.3 is 15.0 Å². The lowest BCUT2D eigenvalue weighted by atomic mass is 9.97. The van der Waals surface area contributed by atoms with Gasteiger partial charge in [0.25, 0.3) is 0 Å². The molecule has 3 rings (SSSR count). The number of piperidine rings is 1. The van der Waals surface area contributed by atoms with E-state index in [2.05, 4.69) is 20.2 Å². The van der Waals surface area contributed by atoms with E-state index in [4.69, 9.17) is 4.74 Å². The molecule has 0 atom stereocenters. The van der Waals surface area contributed by atoms with Crippen LogP contribution in [-0.2, 0) is 0 Å². The molecule has 1 aliphatic heterocycles. The first-order chi connectivity index (χ1) is 10.2. The van der Waals surface area contributed by atoms with E-state index in [1.807, 2.05) is 19.9 Å². The van der Waals surface area contributed by atoms with E-state index >= 15 is 0 Å². The molecule has 2 heterocycles. The average molecular weight is 290 g/mol. The third kappa shape index (κ3) is 4.30. The number of hydrogen-bond acceptors (Lipinski definition) is 5. The van der Waals surface area contributed by atoms with Crippen molar-refractivity contribution in [3.05, 3.63) is 12.4 Å². The Balaban J connectivity index is 1.51. The molecule has 2 aliphatic rings. The first kappa shape index (κ1) is 14.6. The predicted molar refractivity (Wildman–Crippen MR) is 83.8 cm³/mol. The first-order valence-corrected chi connectivity index (χ1v) is 8.18. The fraction of sp³-hybridized carbons (Fsp3) is 0.750. The molecule has 1 aromatic rings. The largest absolute Gasteiger partial charge is 0.475 e. The minimum Gasteiger partial charge on any atom is -0.475 e. The molecule has 1 aromatic heterocycles. The van der Waals surface area contributed by atoms with Crippen LogP contribution in [0.5, 0.6) is 5.88 Å². The zero-order valence-corrected chi connectivity index (χ0v) is 13.1. The lowest BCUT2D eigenvalue weighted by molar-refractivity contribution is 0.232. The summed E-state index contributed by atoms with van der Waals surface area (Å²) in [5.74, 6) is 2.48. The monoisotopic (exact) mass is 290 g/mol. The Labute approximate surface area is 127 Å². The minimum absolute atomic E-state index is 0.145. The second-order valence-corrected chi connectivity index (χ2v) is 6.49. The van der Waals surface area contributed by atoms with Crippen molar-refractivity contribution < 1.29 is 4.74 Å². The quantitative estimate of drug-likeness (QED) is 0.870. The summed E-state index contributed by atoms with van der Waals surface area (Å²) in [5.41, 5.74) is 0. The number of anilines is 1. The Hall–Kier alpha value is -1.36. The van der Waals surface area contributed by atoms with Crippen LogP contribution in [-0.4, -0.2) is 41.7 Å². The molecule has 0 bridgehead atoms. The van der Waals surface area contributed by atoms with Crippen LogP contribution in [0, 0.1) is 5.92 Å². The van der Waals surface area contributed by atoms with Crippen LogP contribution in [0.2, 0.25) is 0 Å². The maximum Gasteiger partial charge on any atom is 0.218 e. The lowest BCUT2D eigenvalue weighted by Crippen LogP contribution is -2.38. The van der Waals surface area contributed by atoms with Gasteiger partial charge in [-0.2, -0.15) is 0 Å². The molecule has 5 heteroatoms. The van der Waals surface area contributed by atoms with Crippen molar-refractivity contribution in [2.75, 3.05) is 24.5 Å². The predicted octanol–water partition coefficient (Wildman–Crippen LogP) is 2.23. The van der Waals surface area contributed by atoms with E-state index in [0.717, 1.165) is 30.9 Å². The number of hydrogen-bond donors (Lipinski definition) is 1. The zero-order valence-electron chi connectivity index (χ0n) is 13.1. The second kappa shape index (κ2) is 6.60. The first-order valence-electron chi connectivity index (χ1n) is 8.18. The van der Waals surface area contributed by atoms with E-state index in [-0.39, 0.29) is 6.10 Å². The van der Waals surface area contributed by atoms with Crippen molar-refractivity contribution in [2.45, 2.75) is 51.7 Å². The Morgan fingerprint density at radius 2 is 2.00 bits per heavy atom. The van der Waals surface area contributed by atoms with Crippen LogP contribution < -0.4 is 15.0 Å². The van der Waals surface area contributed by atoms with Gasteiger partial charge in [-0.25, -0.2) is 9.97 Å². The second-order valence-electron chi connectivity index (χ2n) is 6.49. The number of aromatic nitrogens is 2. The molecule has 0 unspecified atom stereocenters. The van der Waals surface area contributed by atoms with Gasteiger partial charge >= 0.3 is 0 Å². The number of ether oxygens (including phenoxy) is 1. The van der Waals surface area contributed by atoms with Crippen LogP contribution in [0.4, 0.5) is 5.82 Å². The number of nitrogens with one attached hydrogen (secondary N) is 1. The molecule has 0 spiro atoms. The SMILES string of the molecule is CC(C)Oc1cc(N2CCC(CNC3CC3)CC2)ncn1. The van der Waals surface area contributed by atoms with Crippen molar-refractivity contribution >= 4 is 5.82 Å². The molecular weight excluding hydrogens is 264 g/mol. The van der Waals surface area contributed by atoms with Crippen LogP contribution in [0.3, 0.4) is 0 Å². The molecule has 0 amide bonds. The topological polar surface area (TPSA) is 50.3 Å². The smallest absolute Gasteiger partial charge is 0.218 e. The molecule has 5 nitrogen and oxygen atoms in total. The third-order valence-corrected chi connectivity index (χ3v) is 4.20. The summed E-state index contributed by atoms with van der Waals surface area (Å²) in [4.78, 5) is 10.9. The molecule has 0 aromatic carbocycles. The van der Waals surface area contributed by atoms with Gasteiger partial charge in [-0.05, 0) is 52.0 Å². The normalized spacial score (nSPS) is 20.0. The maximum atomic E-state index is 5.65. The molecule has 1 N–H and O–H groups in total. The summed E-state index contributed by atoms with van der Waals surface area (Å²) < 4.78 is 5.65. The zero-order chi connectivity index (χ0) is 14.7. The van der Waals surface area contributed by atoms with E-state index in [1.54, 1.807) is 6.33 Å². The van der Waals surface area contributed by atoms with Crippen LogP contribution in [0.1, 0.15) is 39.5 Å². The highest BCUT2D eigenvalue weighted by Gasteiger charge is 2.24. The fourth-order valence-electron chi connectivity index (χ4n) is 2.80. The molecule has 1 saturated carbocycles. The number of nitrogens with zero attached hydrogens (tertiary/aromatic N) is 3. The van der Waals surface area contributed by atoms with E-state index in [0.29, 0.717) is 5.88 Å². The summed E-state index contributed by atoms with van der Waals surface area (Å²) in [6.45, 7) is 7.37.